The second kappa shape index (κ2) is 7.34. The summed E-state index contributed by atoms with van der Waals surface area (Å²) in [6.07, 6.45) is -4.17. The highest BCUT2D eigenvalue weighted by Gasteiger charge is 2.31. The summed E-state index contributed by atoms with van der Waals surface area (Å²) in [5.41, 5.74) is 0.416. The Morgan fingerprint density at radius 2 is 1.91 bits per heavy atom. The molecule has 0 aromatic heterocycles. The maximum absolute atomic E-state index is 12.2. The summed E-state index contributed by atoms with van der Waals surface area (Å²) in [6.45, 7) is 5.29. The summed E-state index contributed by atoms with van der Waals surface area (Å²) in [7, 11) is 1.38. The lowest BCUT2D eigenvalue weighted by atomic mass is 10.1. The third-order valence-electron chi connectivity index (χ3n) is 2.49. The van der Waals surface area contributed by atoms with E-state index < -0.39 is 28.6 Å². The van der Waals surface area contributed by atoms with Gasteiger partial charge in [-0.3, -0.25) is 0 Å². The van der Waals surface area contributed by atoms with Gasteiger partial charge in [-0.05, 0) is 38.5 Å². The molecule has 2 atom stereocenters. The number of nitrogens with zero attached hydrogens (tertiary/aromatic N) is 1. The molecule has 8 heteroatoms. The van der Waals surface area contributed by atoms with Crippen LogP contribution in [0, 0.1) is 0 Å². The fourth-order valence-electron chi connectivity index (χ4n) is 1.44. The van der Waals surface area contributed by atoms with Crippen molar-refractivity contribution in [3.05, 3.63) is 29.8 Å². The zero-order chi connectivity index (χ0) is 17.0. The van der Waals surface area contributed by atoms with Crippen LogP contribution >= 0.6 is 0 Å². The maximum atomic E-state index is 12.2. The lowest BCUT2D eigenvalue weighted by Gasteiger charge is -2.19. The molecule has 0 aliphatic carbocycles. The van der Waals surface area contributed by atoms with Crippen LogP contribution in [0.25, 0.3) is 0 Å². The molecule has 0 bridgehead atoms. The van der Waals surface area contributed by atoms with Crippen LogP contribution < -0.4 is 4.74 Å². The van der Waals surface area contributed by atoms with Gasteiger partial charge in [-0.25, -0.2) is 0 Å². The molecule has 0 saturated carbocycles. The fourth-order valence-corrected chi connectivity index (χ4v) is 1.98. The van der Waals surface area contributed by atoms with Gasteiger partial charge in [0, 0.05) is 7.11 Å². The molecule has 4 nitrogen and oxygen atoms in total. The summed E-state index contributed by atoms with van der Waals surface area (Å²) in [5.74, 6) is -0.350. The van der Waals surface area contributed by atoms with E-state index >= 15 is 0 Å². The van der Waals surface area contributed by atoms with Crippen LogP contribution in [0.3, 0.4) is 0 Å². The molecule has 1 rings (SSSR count). The summed E-state index contributed by atoms with van der Waals surface area (Å²) in [4.78, 5) is 0. The Kier molecular flexibility index (Phi) is 6.27. The molecular formula is C14H18F3NO3S. The Morgan fingerprint density at radius 1 is 1.27 bits per heavy atom. The Bertz CT molecular complexity index is 515. The summed E-state index contributed by atoms with van der Waals surface area (Å²) >= 11 is -1.48. The lowest BCUT2D eigenvalue weighted by Crippen LogP contribution is -2.26. The minimum absolute atomic E-state index is 0.350. The van der Waals surface area contributed by atoms with E-state index in [4.69, 9.17) is 4.74 Å². The van der Waals surface area contributed by atoms with Gasteiger partial charge in [0.2, 0.25) is 0 Å². The predicted molar refractivity (Wildman–Crippen MR) is 79.3 cm³/mol. The molecule has 0 unspecified atom stereocenters. The van der Waals surface area contributed by atoms with Crippen molar-refractivity contribution in [1.82, 2.24) is 0 Å². The van der Waals surface area contributed by atoms with E-state index in [9.17, 15) is 17.7 Å². The van der Waals surface area contributed by atoms with Crippen LogP contribution in [0.5, 0.6) is 5.75 Å². The van der Waals surface area contributed by atoms with Gasteiger partial charge in [-0.2, -0.15) is 0 Å². The number of ether oxygens (including phenoxy) is 2. The number of halogens is 3. The van der Waals surface area contributed by atoms with E-state index in [1.807, 2.05) is 0 Å². The number of hydrogen-bond acceptors (Lipinski definition) is 4. The molecule has 0 saturated heterocycles. The molecule has 0 aliphatic heterocycles. The Morgan fingerprint density at radius 3 is 2.41 bits per heavy atom. The van der Waals surface area contributed by atoms with Crippen molar-refractivity contribution in [3.8, 4) is 5.75 Å². The molecule has 0 N–H and O–H groups in total. The fraction of sp³-hybridized carbons (Fsp3) is 0.500. The van der Waals surface area contributed by atoms with Crippen molar-refractivity contribution in [1.29, 1.82) is 0 Å². The van der Waals surface area contributed by atoms with Crippen molar-refractivity contribution in [2.75, 3.05) is 7.11 Å². The first-order chi connectivity index (χ1) is 10.0. The van der Waals surface area contributed by atoms with Gasteiger partial charge in [0.1, 0.15) is 28.0 Å². The topological polar surface area (TPSA) is 53.9 Å². The molecule has 0 aliphatic rings. The SMILES string of the molecule is CO[C@@H](C=N[S@+]([O-])C(C)(C)C)c1cccc(OC(F)(F)F)c1. The number of alkyl halides is 3. The Labute approximate surface area is 130 Å². The first-order valence-corrected chi connectivity index (χ1v) is 7.48. The van der Waals surface area contributed by atoms with Crippen molar-refractivity contribution in [3.63, 3.8) is 0 Å². The highest BCUT2D eigenvalue weighted by molar-refractivity contribution is 7.91. The quantitative estimate of drug-likeness (QED) is 0.606. The average Bonchev–Trinajstić information content (AvgIpc) is 2.36. The van der Waals surface area contributed by atoms with Gasteiger partial charge in [0.15, 0.2) is 0 Å². The Hall–Kier alpha value is -1.25. The van der Waals surface area contributed by atoms with Gasteiger partial charge in [-0.1, -0.05) is 16.5 Å². The maximum Gasteiger partial charge on any atom is 0.573 e. The highest BCUT2D eigenvalue weighted by atomic mass is 32.2. The third-order valence-corrected chi connectivity index (χ3v) is 3.85. The average molecular weight is 337 g/mol. The zero-order valence-corrected chi connectivity index (χ0v) is 13.5. The van der Waals surface area contributed by atoms with Crippen molar-refractivity contribution < 1.29 is 27.2 Å². The third kappa shape index (κ3) is 6.25. The van der Waals surface area contributed by atoms with Gasteiger partial charge >= 0.3 is 6.36 Å². The smallest absolute Gasteiger partial charge is 0.573 e. The first kappa shape index (κ1) is 18.8. The molecule has 0 fully saturated rings. The van der Waals surface area contributed by atoms with E-state index in [1.165, 1.54) is 31.5 Å². The van der Waals surface area contributed by atoms with Gasteiger partial charge in [0.25, 0.3) is 0 Å². The highest BCUT2D eigenvalue weighted by Crippen LogP contribution is 2.26. The van der Waals surface area contributed by atoms with Crippen molar-refractivity contribution in [2.45, 2.75) is 38.0 Å². The molecule has 1 aromatic carbocycles. The van der Waals surface area contributed by atoms with E-state index in [0.29, 0.717) is 5.56 Å². The molecule has 1 aromatic rings. The monoisotopic (exact) mass is 337 g/mol. The number of benzene rings is 1. The van der Waals surface area contributed by atoms with E-state index in [2.05, 4.69) is 9.13 Å². The number of rotatable bonds is 5. The number of methoxy groups -OCH3 is 1. The van der Waals surface area contributed by atoms with E-state index in [-0.39, 0.29) is 5.75 Å². The standard InChI is InChI=1S/C14H18F3NO3S/c1-13(2,3)22(19)18-9-12(20-4)10-6-5-7-11(8-10)21-14(15,16)17/h5-9,12H,1-4H3/t12-,22+/m0/s1. The minimum Gasteiger partial charge on any atom is -0.591 e. The van der Waals surface area contributed by atoms with Gasteiger partial charge < -0.3 is 14.0 Å². The van der Waals surface area contributed by atoms with Crippen LogP contribution in [-0.2, 0) is 16.1 Å². The predicted octanol–water partition coefficient (Wildman–Crippen LogP) is 3.81. The molecule has 0 heterocycles. The number of hydrogen-bond donors (Lipinski definition) is 0. The van der Waals surface area contributed by atoms with Crippen molar-refractivity contribution in [2.24, 2.45) is 4.40 Å². The van der Waals surface area contributed by atoms with Crippen LogP contribution in [-0.4, -0.2) is 29.0 Å². The summed E-state index contributed by atoms with van der Waals surface area (Å²) in [6, 6.07) is 5.38. The normalized spacial score (nSPS) is 15.8. The first-order valence-electron chi connectivity index (χ1n) is 6.37. The summed E-state index contributed by atoms with van der Waals surface area (Å²) in [5, 5.41) is 0. The van der Waals surface area contributed by atoms with Crippen LogP contribution in [0.2, 0.25) is 0 Å². The second-order valence-corrected chi connectivity index (χ2v) is 7.33. The van der Waals surface area contributed by atoms with Crippen molar-refractivity contribution >= 4 is 17.6 Å². The molecule has 0 spiro atoms. The van der Waals surface area contributed by atoms with Crippen LogP contribution in [0.4, 0.5) is 13.2 Å². The molecule has 22 heavy (non-hydrogen) atoms. The van der Waals surface area contributed by atoms with E-state index in [0.717, 1.165) is 0 Å². The molecular weight excluding hydrogens is 319 g/mol. The molecule has 0 radical (unpaired) electrons. The summed E-state index contributed by atoms with van der Waals surface area (Å²) < 4.78 is 60.9. The second-order valence-electron chi connectivity index (χ2n) is 5.39. The van der Waals surface area contributed by atoms with Gasteiger partial charge in [-0.15, -0.1) is 13.2 Å². The largest absolute Gasteiger partial charge is 0.591 e. The Balaban J connectivity index is 2.92. The van der Waals surface area contributed by atoms with Crippen LogP contribution in [0.15, 0.2) is 28.7 Å². The molecule has 0 amide bonds. The van der Waals surface area contributed by atoms with Gasteiger partial charge in [0.05, 0.1) is 6.21 Å². The molecule has 124 valence electrons. The van der Waals surface area contributed by atoms with Crippen LogP contribution in [0.1, 0.15) is 32.4 Å². The van der Waals surface area contributed by atoms with E-state index in [1.54, 1.807) is 26.8 Å². The zero-order valence-electron chi connectivity index (χ0n) is 12.7. The minimum atomic E-state index is -4.76. The lowest BCUT2D eigenvalue weighted by molar-refractivity contribution is -0.274.